The average Bonchev–Trinajstić information content (AvgIpc) is 2.25. The number of pyridine rings is 1. The predicted molar refractivity (Wildman–Crippen MR) is 75.9 cm³/mol. The van der Waals surface area contributed by atoms with E-state index in [0.717, 1.165) is 10.9 Å². The van der Waals surface area contributed by atoms with Gasteiger partial charge in [-0.3, -0.25) is 0 Å². The first-order chi connectivity index (χ1) is 7.91. The molecule has 0 unspecified atom stereocenters. The Labute approximate surface area is 120 Å². The largest absolute Gasteiger partial charge is 0.234 e. The number of benzene rings is 1. The fourth-order valence-electron chi connectivity index (χ4n) is 1.63. The number of fused-ring (bicyclic) bond motifs is 1. The molecule has 0 radical (unpaired) electrons. The number of aromatic nitrogens is 1. The van der Waals surface area contributed by atoms with Crippen LogP contribution in [0.25, 0.3) is 10.9 Å². The van der Waals surface area contributed by atoms with Crippen molar-refractivity contribution < 1.29 is 0 Å². The van der Waals surface area contributed by atoms with Crippen LogP contribution in [0.3, 0.4) is 0 Å². The van der Waals surface area contributed by atoms with Crippen molar-refractivity contribution in [2.24, 2.45) is 0 Å². The molecule has 0 aliphatic rings. The van der Waals surface area contributed by atoms with Gasteiger partial charge in [-0.05, 0) is 23.6 Å². The van der Waals surface area contributed by atoms with Gasteiger partial charge in [0.2, 0.25) is 0 Å². The number of nitrogens with zero attached hydrogens (tertiary/aromatic N) is 1. The van der Waals surface area contributed by atoms with Crippen molar-refractivity contribution in [3.63, 3.8) is 0 Å². The molecule has 0 aliphatic carbocycles. The van der Waals surface area contributed by atoms with Crippen molar-refractivity contribution in [2.75, 3.05) is 0 Å². The molecule has 1 nitrogen and oxygen atoms in total. The Balaban J connectivity index is 2.88. The first kappa shape index (κ1) is 13.2. The van der Waals surface area contributed by atoms with E-state index < -0.39 is 0 Å². The zero-order chi connectivity index (χ0) is 12.7. The second-order valence-corrected chi connectivity index (χ2v) is 5.62. The lowest BCUT2D eigenvalue weighted by molar-refractivity contribution is 0.862. The van der Waals surface area contributed by atoms with E-state index in [1.807, 2.05) is 19.9 Å². The third-order valence-corrected chi connectivity index (χ3v) is 3.94. The van der Waals surface area contributed by atoms with Gasteiger partial charge in [-0.25, -0.2) is 4.98 Å². The molecule has 0 saturated carbocycles. The van der Waals surface area contributed by atoms with Crippen LogP contribution in [-0.2, 0) is 0 Å². The van der Waals surface area contributed by atoms with Gasteiger partial charge in [0.25, 0.3) is 0 Å². The normalized spacial score (nSPS) is 11.5. The highest BCUT2D eigenvalue weighted by molar-refractivity contribution is 6.47. The van der Waals surface area contributed by atoms with E-state index in [1.165, 1.54) is 0 Å². The smallest absolute Gasteiger partial charge is 0.133 e. The van der Waals surface area contributed by atoms with Crippen LogP contribution in [0, 0.1) is 0 Å². The predicted octanol–water partition coefficient (Wildman–Crippen LogP) is 5.97. The summed E-state index contributed by atoms with van der Waals surface area (Å²) in [6.07, 6.45) is 0. The molecule has 0 atom stereocenters. The number of hydrogen-bond acceptors (Lipinski definition) is 1. The standard InChI is InChI=1S/C12H9Cl4N/c1-5(2)6-3-7-10(15)8(13)4-9(14)11(7)17-12(6)16/h3-5H,1-2H3. The quantitative estimate of drug-likeness (QED) is 0.467. The SMILES string of the molecule is CC(C)c1cc2c(Cl)c(Cl)cc(Cl)c2nc1Cl. The average molecular weight is 309 g/mol. The van der Waals surface area contributed by atoms with Crippen LogP contribution in [0.2, 0.25) is 20.2 Å². The maximum absolute atomic E-state index is 6.15. The lowest BCUT2D eigenvalue weighted by Gasteiger charge is -2.11. The fourth-order valence-corrected chi connectivity index (χ4v) is 2.71. The highest BCUT2D eigenvalue weighted by Crippen LogP contribution is 2.37. The van der Waals surface area contributed by atoms with Crippen molar-refractivity contribution in [1.82, 2.24) is 4.98 Å². The van der Waals surface area contributed by atoms with Crippen LogP contribution in [0.1, 0.15) is 25.3 Å². The Morgan fingerprint density at radius 2 is 1.65 bits per heavy atom. The minimum Gasteiger partial charge on any atom is -0.234 e. The fraction of sp³-hybridized carbons (Fsp3) is 0.250. The van der Waals surface area contributed by atoms with Crippen LogP contribution >= 0.6 is 46.4 Å². The van der Waals surface area contributed by atoms with Crippen LogP contribution in [0.5, 0.6) is 0 Å². The topological polar surface area (TPSA) is 12.9 Å². The summed E-state index contributed by atoms with van der Waals surface area (Å²) in [5, 5.41) is 2.51. The Hall–Kier alpha value is -0.210. The van der Waals surface area contributed by atoms with Gasteiger partial charge in [0, 0.05) is 5.39 Å². The van der Waals surface area contributed by atoms with Crippen molar-refractivity contribution in [3.8, 4) is 0 Å². The Morgan fingerprint density at radius 1 is 1.00 bits per heavy atom. The van der Waals surface area contributed by atoms with Gasteiger partial charge in [-0.15, -0.1) is 0 Å². The van der Waals surface area contributed by atoms with Crippen molar-refractivity contribution in [2.45, 2.75) is 19.8 Å². The van der Waals surface area contributed by atoms with Crippen LogP contribution < -0.4 is 0 Å². The molecule has 17 heavy (non-hydrogen) atoms. The number of halogens is 4. The molecule has 0 fully saturated rings. The van der Waals surface area contributed by atoms with E-state index in [2.05, 4.69) is 4.98 Å². The molecule has 5 heteroatoms. The Bertz CT molecular complexity index is 593. The van der Waals surface area contributed by atoms with Gasteiger partial charge in [0.15, 0.2) is 0 Å². The van der Waals surface area contributed by atoms with E-state index in [1.54, 1.807) is 6.07 Å². The van der Waals surface area contributed by atoms with Crippen LogP contribution in [-0.4, -0.2) is 4.98 Å². The number of rotatable bonds is 1. The molecule has 0 aliphatic heterocycles. The van der Waals surface area contributed by atoms with Crippen molar-refractivity contribution in [1.29, 1.82) is 0 Å². The highest BCUT2D eigenvalue weighted by Gasteiger charge is 2.14. The summed E-state index contributed by atoms with van der Waals surface area (Å²) in [5.41, 5.74) is 1.51. The van der Waals surface area contributed by atoms with Gasteiger partial charge in [-0.1, -0.05) is 60.3 Å². The molecule has 1 heterocycles. The second-order valence-electron chi connectivity index (χ2n) is 4.07. The molecule has 2 aromatic rings. The van der Waals surface area contributed by atoms with Crippen LogP contribution in [0.15, 0.2) is 12.1 Å². The molecule has 0 spiro atoms. The molecule has 90 valence electrons. The summed E-state index contributed by atoms with van der Waals surface area (Å²) >= 11 is 24.3. The molecule has 0 N–H and O–H groups in total. The van der Waals surface area contributed by atoms with E-state index in [0.29, 0.717) is 25.7 Å². The van der Waals surface area contributed by atoms with Gasteiger partial charge >= 0.3 is 0 Å². The third-order valence-electron chi connectivity index (χ3n) is 2.55. The Morgan fingerprint density at radius 3 is 2.24 bits per heavy atom. The van der Waals surface area contributed by atoms with Gasteiger partial charge in [-0.2, -0.15) is 0 Å². The van der Waals surface area contributed by atoms with Gasteiger partial charge in [0.1, 0.15) is 5.15 Å². The van der Waals surface area contributed by atoms with E-state index in [4.69, 9.17) is 46.4 Å². The first-order valence-corrected chi connectivity index (χ1v) is 6.56. The first-order valence-electron chi connectivity index (χ1n) is 5.05. The van der Waals surface area contributed by atoms with E-state index in [9.17, 15) is 0 Å². The highest BCUT2D eigenvalue weighted by atomic mass is 35.5. The summed E-state index contributed by atoms with van der Waals surface area (Å²) in [6, 6.07) is 3.47. The van der Waals surface area contributed by atoms with Gasteiger partial charge in [0.05, 0.1) is 20.6 Å². The lowest BCUT2D eigenvalue weighted by Crippen LogP contribution is -1.94. The van der Waals surface area contributed by atoms with Crippen molar-refractivity contribution in [3.05, 3.63) is 37.9 Å². The molecular formula is C12H9Cl4N. The third kappa shape index (κ3) is 2.34. The lowest BCUT2D eigenvalue weighted by atomic mass is 10.0. The molecule has 0 saturated heterocycles. The molecule has 0 amide bonds. The summed E-state index contributed by atoms with van der Waals surface area (Å²) in [6.45, 7) is 4.07. The minimum absolute atomic E-state index is 0.258. The van der Waals surface area contributed by atoms with Gasteiger partial charge < -0.3 is 0 Å². The molecule has 1 aromatic carbocycles. The van der Waals surface area contributed by atoms with Crippen molar-refractivity contribution >= 4 is 57.3 Å². The zero-order valence-electron chi connectivity index (χ0n) is 9.19. The van der Waals surface area contributed by atoms with Crippen LogP contribution in [0.4, 0.5) is 0 Å². The number of hydrogen-bond donors (Lipinski definition) is 0. The second kappa shape index (κ2) is 4.81. The minimum atomic E-state index is 0.258. The maximum atomic E-state index is 6.15. The monoisotopic (exact) mass is 307 g/mol. The molecule has 1 aromatic heterocycles. The summed E-state index contributed by atoms with van der Waals surface area (Å²) < 4.78 is 0. The van der Waals surface area contributed by atoms with E-state index in [-0.39, 0.29) is 5.92 Å². The van der Waals surface area contributed by atoms with E-state index >= 15 is 0 Å². The molecule has 2 rings (SSSR count). The Kier molecular flexibility index (Phi) is 3.74. The molecular weight excluding hydrogens is 300 g/mol. The molecule has 0 bridgehead atoms. The summed E-state index contributed by atoms with van der Waals surface area (Å²) in [4.78, 5) is 4.29. The summed E-state index contributed by atoms with van der Waals surface area (Å²) in [7, 11) is 0. The maximum Gasteiger partial charge on any atom is 0.133 e. The summed E-state index contributed by atoms with van der Waals surface area (Å²) in [5.74, 6) is 0.258. The zero-order valence-corrected chi connectivity index (χ0v) is 12.2.